The molecule has 0 bridgehead atoms. The van der Waals surface area contributed by atoms with E-state index in [1.165, 1.54) is 19.3 Å². The molecule has 0 aromatic carbocycles. The number of rotatable bonds is 2. The van der Waals surface area contributed by atoms with Crippen LogP contribution in [0.3, 0.4) is 0 Å². The van der Waals surface area contributed by atoms with Crippen molar-refractivity contribution in [2.45, 2.75) is 32.2 Å². The second-order valence-corrected chi connectivity index (χ2v) is 3.47. The SMILES string of the molecule is CC(CN)C1CCCC1N. The zero-order chi connectivity index (χ0) is 7.56. The Morgan fingerprint density at radius 1 is 1.50 bits per heavy atom. The molecule has 2 nitrogen and oxygen atoms in total. The van der Waals surface area contributed by atoms with Crippen molar-refractivity contribution in [1.82, 2.24) is 0 Å². The Kier molecular flexibility index (Phi) is 2.69. The Balaban J connectivity index is 2.38. The predicted molar refractivity (Wildman–Crippen MR) is 43.5 cm³/mol. The molecule has 1 rings (SSSR count). The lowest BCUT2D eigenvalue weighted by atomic mass is 9.90. The molecule has 3 atom stereocenters. The minimum absolute atomic E-state index is 0.429. The quantitative estimate of drug-likeness (QED) is 0.596. The summed E-state index contributed by atoms with van der Waals surface area (Å²) < 4.78 is 0. The first-order valence-corrected chi connectivity index (χ1v) is 4.21. The average Bonchev–Trinajstić information content (AvgIpc) is 2.34. The Morgan fingerprint density at radius 2 is 2.20 bits per heavy atom. The van der Waals surface area contributed by atoms with Crippen molar-refractivity contribution in [1.29, 1.82) is 0 Å². The summed E-state index contributed by atoms with van der Waals surface area (Å²) in [6.07, 6.45) is 3.80. The molecular weight excluding hydrogens is 124 g/mol. The van der Waals surface area contributed by atoms with E-state index in [1.807, 2.05) is 0 Å². The van der Waals surface area contributed by atoms with Crippen molar-refractivity contribution in [3.8, 4) is 0 Å². The molecule has 0 heterocycles. The standard InChI is InChI=1S/C8H18N2/c1-6(5-9)7-3-2-4-8(7)10/h6-8H,2-5,9-10H2,1H3. The summed E-state index contributed by atoms with van der Waals surface area (Å²) in [5.41, 5.74) is 11.5. The average molecular weight is 142 g/mol. The molecule has 0 spiro atoms. The van der Waals surface area contributed by atoms with Crippen molar-refractivity contribution >= 4 is 0 Å². The van der Waals surface area contributed by atoms with E-state index < -0.39 is 0 Å². The van der Waals surface area contributed by atoms with E-state index in [-0.39, 0.29) is 0 Å². The lowest BCUT2D eigenvalue weighted by molar-refractivity contribution is 0.340. The second-order valence-electron chi connectivity index (χ2n) is 3.47. The van der Waals surface area contributed by atoms with Crippen LogP contribution in [0.2, 0.25) is 0 Å². The molecular formula is C8H18N2. The molecule has 0 aliphatic heterocycles. The number of hydrogen-bond donors (Lipinski definition) is 2. The monoisotopic (exact) mass is 142 g/mol. The molecule has 10 heavy (non-hydrogen) atoms. The van der Waals surface area contributed by atoms with Gasteiger partial charge in [-0.05, 0) is 31.2 Å². The highest BCUT2D eigenvalue weighted by Crippen LogP contribution is 2.29. The van der Waals surface area contributed by atoms with Gasteiger partial charge in [0.05, 0.1) is 0 Å². The van der Waals surface area contributed by atoms with Crippen LogP contribution in [0.15, 0.2) is 0 Å². The van der Waals surface area contributed by atoms with Gasteiger partial charge in [0.1, 0.15) is 0 Å². The summed E-state index contributed by atoms with van der Waals surface area (Å²) in [5, 5.41) is 0. The molecule has 1 aliphatic rings. The molecule has 3 unspecified atom stereocenters. The Bertz CT molecular complexity index is 103. The fourth-order valence-corrected chi connectivity index (χ4v) is 1.90. The van der Waals surface area contributed by atoms with Crippen LogP contribution < -0.4 is 11.5 Å². The molecule has 60 valence electrons. The zero-order valence-electron chi connectivity index (χ0n) is 6.72. The molecule has 0 saturated heterocycles. The summed E-state index contributed by atoms with van der Waals surface area (Å²) in [5.74, 6) is 1.32. The van der Waals surface area contributed by atoms with Gasteiger partial charge in [0, 0.05) is 6.04 Å². The lowest BCUT2D eigenvalue weighted by Crippen LogP contribution is -2.32. The summed E-state index contributed by atoms with van der Waals surface area (Å²) in [6, 6.07) is 0.429. The molecule has 0 amide bonds. The molecule has 0 radical (unpaired) electrons. The molecule has 1 saturated carbocycles. The van der Waals surface area contributed by atoms with Gasteiger partial charge in [-0.1, -0.05) is 13.3 Å². The van der Waals surface area contributed by atoms with Gasteiger partial charge in [-0.3, -0.25) is 0 Å². The second kappa shape index (κ2) is 3.35. The van der Waals surface area contributed by atoms with Gasteiger partial charge in [-0.15, -0.1) is 0 Å². The van der Waals surface area contributed by atoms with Crippen LogP contribution >= 0.6 is 0 Å². The van der Waals surface area contributed by atoms with Gasteiger partial charge in [-0.2, -0.15) is 0 Å². The zero-order valence-corrected chi connectivity index (χ0v) is 6.72. The smallest absolute Gasteiger partial charge is 0.00701 e. The fraction of sp³-hybridized carbons (Fsp3) is 1.00. The highest BCUT2D eigenvalue weighted by Gasteiger charge is 2.27. The molecule has 2 heteroatoms. The minimum Gasteiger partial charge on any atom is -0.330 e. The Morgan fingerprint density at radius 3 is 2.60 bits per heavy atom. The van der Waals surface area contributed by atoms with E-state index in [0.717, 1.165) is 6.54 Å². The van der Waals surface area contributed by atoms with E-state index in [0.29, 0.717) is 17.9 Å². The maximum absolute atomic E-state index is 5.90. The van der Waals surface area contributed by atoms with Crippen LogP contribution in [0.5, 0.6) is 0 Å². The summed E-state index contributed by atoms with van der Waals surface area (Å²) >= 11 is 0. The van der Waals surface area contributed by atoms with Gasteiger partial charge in [0.15, 0.2) is 0 Å². The minimum atomic E-state index is 0.429. The predicted octanol–water partition coefficient (Wildman–Crippen LogP) is 0.709. The molecule has 1 fully saturated rings. The Hall–Kier alpha value is -0.0800. The first-order valence-electron chi connectivity index (χ1n) is 4.21. The van der Waals surface area contributed by atoms with Crippen LogP contribution in [0, 0.1) is 11.8 Å². The molecule has 0 aromatic heterocycles. The van der Waals surface area contributed by atoms with Crippen molar-refractivity contribution < 1.29 is 0 Å². The third-order valence-electron chi connectivity index (χ3n) is 2.73. The van der Waals surface area contributed by atoms with Crippen molar-refractivity contribution in [2.24, 2.45) is 23.3 Å². The summed E-state index contributed by atoms with van der Waals surface area (Å²) in [6.45, 7) is 2.99. The number of nitrogens with two attached hydrogens (primary N) is 2. The van der Waals surface area contributed by atoms with Gasteiger partial charge in [0.2, 0.25) is 0 Å². The molecule has 4 N–H and O–H groups in total. The van der Waals surface area contributed by atoms with Gasteiger partial charge < -0.3 is 11.5 Å². The van der Waals surface area contributed by atoms with E-state index in [2.05, 4.69) is 6.92 Å². The third kappa shape index (κ3) is 1.50. The first-order chi connectivity index (χ1) is 4.75. The third-order valence-corrected chi connectivity index (χ3v) is 2.73. The fourth-order valence-electron chi connectivity index (χ4n) is 1.90. The molecule has 0 aromatic rings. The van der Waals surface area contributed by atoms with Crippen LogP contribution in [-0.2, 0) is 0 Å². The van der Waals surface area contributed by atoms with Gasteiger partial charge >= 0.3 is 0 Å². The van der Waals surface area contributed by atoms with E-state index >= 15 is 0 Å². The van der Waals surface area contributed by atoms with Crippen molar-refractivity contribution in [3.05, 3.63) is 0 Å². The Labute approximate surface area is 63.0 Å². The van der Waals surface area contributed by atoms with Crippen LogP contribution in [0.25, 0.3) is 0 Å². The van der Waals surface area contributed by atoms with Gasteiger partial charge in [0.25, 0.3) is 0 Å². The largest absolute Gasteiger partial charge is 0.330 e. The topological polar surface area (TPSA) is 52.0 Å². The normalized spacial score (nSPS) is 36.3. The highest BCUT2D eigenvalue weighted by molar-refractivity contribution is 4.83. The highest BCUT2D eigenvalue weighted by atomic mass is 14.7. The van der Waals surface area contributed by atoms with Crippen LogP contribution in [0.1, 0.15) is 26.2 Å². The maximum atomic E-state index is 5.90. The van der Waals surface area contributed by atoms with Crippen LogP contribution in [-0.4, -0.2) is 12.6 Å². The summed E-state index contributed by atoms with van der Waals surface area (Å²) in [4.78, 5) is 0. The number of hydrogen-bond acceptors (Lipinski definition) is 2. The van der Waals surface area contributed by atoms with E-state index in [1.54, 1.807) is 0 Å². The van der Waals surface area contributed by atoms with E-state index in [4.69, 9.17) is 11.5 Å². The lowest BCUT2D eigenvalue weighted by Gasteiger charge is -2.21. The van der Waals surface area contributed by atoms with Crippen LogP contribution in [0.4, 0.5) is 0 Å². The first kappa shape index (κ1) is 8.02. The van der Waals surface area contributed by atoms with Gasteiger partial charge in [-0.25, -0.2) is 0 Å². The maximum Gasteiger partial charge on any atom is 0.00701 e. The molecule has 1 aliphatic carbocycles. The van der Waals surface area contributed by atoms with Crippen molar-refractivity contribution in [3.63, 3.8) is 0 Å². The summed E-state index contributed by atoms with van der Waals surface area (Å²) in [7, 11) is 0. The van der Waals surface area contributed by atoms with Crippen molar-refractivity contribution in [2.75, 3.05) is 6.54 Å². The van der Waals surface area contributed by atoms with E-state index in [9.17, 15) is 0 Å².